The van der Waals surface area contributed by atoms with E-state index >= 15 is 0 Å². The van der Waals surface area contributed by atoms with Crippen LogP contribution < -0.4 is 0 Å². The average molecular weight is 461 g/mol. The first kappa shape index (κ1) is 22.9. The van der Waals surface area contributed by atoms with Crippen LogP contribution in [0.1, 0.15) is 64.3 Å². The molecule has 0 amide bonds. The van der Waals surface area contributed by atoms with Crippen molar-refractivity contribution in [3.8, 4) is 11.5 Å². The molecule has 0 fully saturated rings. The number of aliphatic hydroxyl groups excluding tert-OH is 1. The van der Waals surface area contributed by atoms with Gasteiger partial charge in [-0.05, 0) is 52.5 Å². The molecule has 0 aliphatic rings. The van der Waals surface area contributed by atoms with E-state index in [-0.39, 0.29) is 5.56 Å². The summed E-state index contributed by atoms with van der Waals surface area (Å²) in [5, 5.41) is 10.6. The second-order valence-corrected chi connectivity index (χ2v) is 14.8. The van der Waals surface area contributed by atoms with Gasteiger partial charge in [0.15, 0.2) is 0 Å². The maximum Gasteiger partial charge on any atom is 0.146 e. The molecule has 2 aromatic rings. The molecule has 1 N–H and O–H groups in total. The largest absolute Gasteiger partial charge is 0.384 e. The van der Waals surface area contributed by atoms with Crippen molar-refractivity contribution in [2.45, 2.75) is 64.3 Å². The lowest BCUT2D eigenvalue weighted by molar-refractivity contribution is 0.215. The summed E-state index contributed by atoms with van der Waals surface area (Å²) in [6, 6.07) is 12.1. The van der Waals surface area contributed by atoms with E-state index in [0.717, 1.165) is 10.0 Å². The minimum atomic E-state index is -1.78. The van der Waals surface area contributed by atoms with Gasteiger partial charge in [-0.25, -0.2) is 4.39 Å². The summed E-state index contributed by atoms with van der Waals surface area (Å²) in [7, 11) is -1.78. The highest BCUT2D eigenvalue weighted by Crippen LogP contribution is 2.40. The Bertz CT molecular complexity index is 841. The first-order valence-corrected chi connectivity index (χ1v) is 12.9. The van der Waals surface area contributed by atoms with Gasteiger partial charge in [-0.3, -0.25) is 0 Å². The molecule has 1 unspecified atom stereocenters. The molecule has 0 aliphatic heterocycles. The van der Waals surface area contributed by atoms with E-state index in [1.807, 2.05) is 24.3 Å². The van der Waals surface area contributed by atoms with Crippen LogP contribution in [0.3, 0.4) is 0 Å². The van der Waals surface area contributed by atoms with E-state index in [4.69, 9.17) is 0 Å². The predicted octanol–water partition coefficient (Wildman–Crippen LogP) is 7.24. The number of halogens is 2. The fraction of sp³-hybridized carbons (Fsp3) is 0.417. The third-order valence-corrected chi connectivity index (χ3v) is 12.6. The van der Waals surface area contributed by atoms with E-state index in [2.05, 4.69) is 68.9 Å². The van der Waals surface area contributed by atoms with E-state index in [0.29, 0.717) is 22.2 Å². The van der Waals surface area contributed by atoms with Crippen molar-refractivity contribution in [1.82, 2.24) is 0 Å². The zero-order valence-corrected chi connectivity index (χ0v) is 20.1. The minimum absolute atomic E-state index is 0.263. The number of hydrogen-bond donors (Lipinski definition) is 1. The molecule has 1 nitrogen and oxygen atoms in total. The Labute approximate surface area is 178 Å². The van der Waals surface area contributed by atoms with Crippen molar-refractivity contribution in [3.63, 3.8) is 0 Å². The number of rotatable bonds is 5. The maximum atomic E-state index is 14.1. The topological polar surface area (TPSA) is 20.2 Å². The molecule has 2 rings (SSSR count). The van der Waals surface area contributed by atoms with E-state index < -0.39 is 20.0 Å². The smallest absolute Gasteiger partial charge is 0.146 e. The molecular formula is C24H30BrFOSi. The molecule has 0 saturated carbocycles. The molecular weight excluding hydrogens is 431 g/mol. The minimum Gasteiger partial charge on any atom is -0.384 e. The van der Waals surface area contributed by atoms with Gasteiger partial charge >= 0.3 is 0 Å². The van der Waals surface area contributed by atoms with Crippen molar-refractivity contribution in [3.05, 3.63) is 69.4 Å². The fourth-order valence-electron chi connectivity index (χ4n) is 4.27. The summed E-state index contributed by atoms with van der Waals surface area (Å²) in [5.41, 5.74) is 7.31. The van der Waals surface area contributed by atoms with Crippen LogP contribution in [0.4, 0.5) is 4.39 Å². The van der Waals surface area contributed by atoms with E-state index in [1.165, 1.54) is 6.07 Å². The van der Waals surface area contributed by atoms with Crippen molar-refractivity contribution in [2.75, 3.05) is 0 Å². The lowest BCUT2D eigenvalue weighted by Crippen LogP contribution is -2.43. The Kier molecular flexibility index (Phi) is 7.67. The van der Waals surface area contributed by atoms with Crippen LogP contribution in [0.15, 0.2) is 46.9 Å². The van der Waals surface area contributed by atoms with Crippen LogP contribution in [0, 0.1) is 17.3 Å². The van der Waals surface area contributed by atoms with Gasteiger partial charge in [-0.2, -0.15) is 0 Å². The highest BCUT2D eigenvalue weighted by atomic mass is 79.9. The van der Waals surface area contributed by atoms with Gasteiger partial charge in [0, 0.05) is 15.6 Å². The van der Waals surface area contributed by atoms with Gasteiger partial charge in [0.25, 0.3) is 0 Å². The fourth-order valence-corrected chi connectivity index (χ4v) is 9.87. The SMILES string of the molecule is CC(C)[Si](C#Cc1ccc(C(O)c2cc(Br)ccc2F)cc1)(C(C)C)C(C)C. The monoisotopic (exact) mass is 460 g/mol. The van der Waals surface area contributed by atoms with Crippen LogP contribution in [0.25, 0.3) is 0 Å². The quantitative estimate of drug-likeness (QED) is 0.368. The molecule has 0 saturated heterocycles. The summed E-state index contributed by atoms with van der Waals surface area (Å²) in [5.74, 6) is 2.99. The number of hydrogen-bond acceptors (Lipinski definition) is 1. The van der Waals surface area contributed by atoms with Crippen LogP contribution in [0.2, 0.25) is 16.6 Å². The standard InChI is InChI=1S/C24H30BrFOSi/c1-16(2)28(17(3)4,18(5)6)14-13-19-7-9-20(10-8-19)24(27)22-15-21(25)11-12-23(22)26/h7-12,15-18,24,27H,1-6H3. The number of benzene rings is 2. The van der Waals surface area contributed by atoms with E-state index in [1.54, 1.807) is 12.1 Å². The molecule has 4 heteroatoms. The third-order valence-electron chi connectivity index (χ3n) is 5.77. The highest BCUT2D eigenvalue weighted by Gasteiger charge is 2.41. The zero-order valence-electron chi connectivity index (χ0n) is 17.6. The highest BCUT2D eigenvalue weighted by molar-refractivity contribution is 9.10. The lowest BCUT2D eigenvalue weighted by atomic mass is 10.00. The predicted molar refractivity (Wildman–Crippen MR) is 123 cm³/mol. The summed E-state index contributed by atoms with van der Waals surface area (Å²) in [6.07, 6.45) is -1.00. The van der Waals surface area contributed by atoms with Gasteiger partial charge in [-0.1, -0.05) is 75.5 Å². The van der Waals surface area contributed by atoms with Crippen molar-refractivity contribution in [2.24, 2.45) is 0 Å². The Morgan fingerprint density at radius 1 is 0.893 bits per heavy atom. The van der Waals surface area contributed by atoms with Crippen LogP contribution in [0.5, 0.6) is 0 Å². The molecule has 0 aliphatic carbocycles. The number of aliphatic hydroxyl groups is 1. The molecule has 0 radical (unpaired) electrons. The first-order chi connectivity index (χ1) is 13.1. The van der Waals surface area contributed by atoms with Crippen molar-refractivity contribution in [1.29, 1.82) is 0 Å². The van der Waals surface area contributed by atoms with Crippen molar-refractivity contribution >= 4 is 24.0 Å². The maximum absolute atomic E-state index is 14.1. The molecule has 0 bridgehead atoms. The normalized spacial score (nSPS) is 13.0. The molecule has 0 aromatic heterocycles. The zero-order chi connectivity index (χ0) is 21.1. The summed E-state index contributed by atoms with van der Waals surface area (Å²) in [6.45, 7) is 13.8. The van der Waals surface area contributed by atoms with Crippen LogP contribution >= 0.6 is 15.9 Å². The lowest BCUT2D eigenvalue weighted by Gasteiger charge is -2.38. The summed E-state index contributed by atoms with van der Waals surface area (Å²) < 4.78 is 14.8. The molecule has 1 atom stereocenters. The van der Waals surface area contributed by atoms with Gasteiger partial charge in [0.2, 0.25) is 0 Å². The second-order valence-electron chi connectivity index (χ2n) is 8.34. The third kappa shape index (κ3) is 4.76. The van der Waals surface area contributed by atoms with E-state index in [9.17, 15) is 9.50 Å². The van der Waals surface area contributed by atoms with Gasteiger partial charge in [0.05, 0.1) is 0 Å². The Morgan fingerprint density at radius 3 is 1.93 bits per heavy atom. The molecule has 2 aromatic carbocycles. The first-order valence-electron chi connectivity index (χ1n) is 9.85. The second kappa shape index (κ2) is 9.39. The van der Waals surface area contributed by atoms with Crippen LogP contribution in [-0.2, 0) is 0 Å². The summed E-state index contributed by atoms with van der Waals surface area (Å²) in [4.78, 5) is 0. The molecule has 28 heavy (non-hydrogen) atoms. The van der Waals surface area contributed by atoms with Gasteiger partial charge in [0.1, 0.15) is 20.0 Å². The van der Waals surface area contributed by atoms with Crippen molar-refractivity contribution < 1.29 is 9.50 Å². The van der Waals surface area contributed by atoms with Gasteiger partial charge in [-0.15, -0.1) is 5.54 Å². The molecule has 150 valence electrons. The summed E-state index contributed by atoms with van der Waals surface area (Å²) >= 11 is 3.33. The Morgan fingerprint density at radius 2 is 1.43 bits per heavy atom. The Balaban J connectivity index is 2.33. The van der Waals surface area contributed by atoms with Crippen LogP contribution in [-0.4, -0.2) is 13.2 Å². The Hall–Kier alpha value is -1.41. The molecule has 0 spiro atoms. The van der Waals surface area contributed by atoms with Gasteiger partial charge < -0.3 is 5.11 Å². The average Bonchev–Trinajstić information content (AvgIpc) is 2.63. The molecule has 0 heterocycles.